The fourth-order valence-corrected chi connectivity index (χ4v) is 5.31. The predicted molar refractivity (Wildman–Crippen MR) is 126 cm³/mol. The van der Waals surface area contributed by atoms with Crippen LogP contribution >= 0.6 is 11.6 Å². The van der Waals surface area contributed by atoms with Crippen LogP contribution in [0.4, 0.5) is 16.0 Å². The molecule has 0 aliphatic carbocycles. The number of aromatic nitrogens is 2. The molecule has 6 rings (SSSR count). The topological polar surface area (TPSA) is 79.5 Å². The molecule has 3 atom stereocenters. The number of hydrogen-bond donors (Lipinski definition) is 2. The van der Waals surface area contributed by atoms with Gasteiger partial charge in [0.2, 0.25) is 0 Å². The first-order valence-electron chi connectivity index (χ1n) is 11.1. The molecular weight excluding hydrogens is 443 g/mol. The van der Waals surface area contributed by atoms with Gasteiger partial charge in [0.1, 0.15) is 35.6 Å². The Morgan fingerprint density at radius 2 is 1.85 bits per heavy atom. The van der Waals surface area contributed by atoms with Crippen molar-refractivity contribution in [3.05, 3.63) is 65.2 Å². The number of rotatable bonds is 3. The van der Waals surface area contributed by atoms with Crippen LogP contribution in [0.15, 0.2) is 48.8 Å². The number of nitrogens with two attached hydrogens (primary N) is 1. The number of nitrogens with zero attached hydrogens (tertiary/aromatic N) is 4. The lowest BCUT2D eigenvalue weighted by atomic mass is 9.85. The summed E-state index contributed by atoms with van der Waals surface area (Å²) in [5.41, 5.74) is 8.97. The van der Waals surface area contributed by atoms with E-state index in [4.69, 9.17) is 22.1 Å². The molecule has 0 saturated carbocycles. The molecule has 2 aromatic carbocycles. The minimum Gasteiger partial charge on any atom is -0.487 e. The maximum atomic E-state index is 13.5. The maximum Gasteiger partial charge on any atom is 0.142 e. The van der Waals surface area contributed by atoms with E-state index in [0.29, 0.717) is 10.8 Å². The highest BCUT2D eigenvalue weighted by molar-refractivity contribution is 6.30. The van der Waals surface area contributed by atoms with Crippen LogP contribution in [0, 0.1) is 5.82 Å². The Labute approximate surface area is 196 Å². The number of halogens is 2. The molecule has 4 heterocycles. The van der Waals surface area contributed by atoms with Crippen molar-refractivity contribution >= 4 is 23.2 Å². The van der Waals surface area contributed by atoms with Crippen LogP contribution < -0.4 is 20.7 Å². The van der Waals surface area contributed by atoms with Gasteiger partial charge < -0.3 is 20.7 Å². The molecule has 3 aromatic rings. The molecule has 7 nitrogen and oxygen atoms in total. The van der Waals surface area contributed by atoms with Gasteiger partial charge in [0.25, 0.3) is 0 Å². The molecule has 1 aromatic heterocycles. The Kier molecular flexibility index (Phi) is 5.09. The van der Waals surface area contributed by atoms with Crippen molar-refractivity contribution in [2.24, 2.45) is 0 Å². The summed E-state index contributed by atoms with van der Waals surface area (Å²) in [6.07, 6.45) is 1.66. The number of nitrogens with one attached hydrogen (secondary N) is 1. The fraction of sp³-hybridized carbons (Fsp3) is 0.333. The van der Waals surface area contributed by atoms with Gasteiger partial charge in [-0.05, 0) is 29.8 Å². The number of anilines is 2. The molecule has 33 heavy (non-hydrogen) atoms. The van der Waals surface area contributed by atoms with Crippen LogP contribution in [-0.2, 0) is 0 Å². The highest BCUT2D eigenvalue weighted by Crippen LogP contribution is 2.43. The molecule has 3 aliphatic rings. The van der Waals surface area contributed by atoms with E-state index in [0.717, 1.165) is 55.4 Å². The minimum absolute atomic E-state index is 0.172. The van der Waals surface area contributed by atoms with Gasteiger partial charge in [-0.3, -0.25) is 4.90 Å². The quantitative estimate of drug-likeness (QED) is 0.614. The number of nitrogen functional groups attached to an aromatic ring is 1. The predicted octanol–water partition coefficient (Wildman–Crippen LogP) is 3.11. The maximum absolute atomic E-state index is 13.5. The van der Waals surface area contributed by atoms with E-state index in [9.17, 15) is 4.39 Å². The molecule has 0 spiro atoms. The van der Waals surface area contributed by atoms with E-state index in [1.807, 2.05) is 12.1 Å². The highest BCUT2D eigenvalue weighted by Gasteiger charge is 2.47. The Hall–Kier alpha value is -2.94. The van der Waals surface area contributed by atoms with Gasteiger partial charge in [0, 0.05) is 43.3 Å². The van der Waals surface area contributed by atoms with Crippen molar-refractivity contribution in [3.63, 3.8) is 0 Å². The normalized spacial score (nSPS) is 24.4. The fourth-order valence-electron chi connectivity index (χ4n) is 5.15. The van der Waals surface area contributed by atoms with Crippen molar-refractivity contribution in [1.29, 1.82) is 0 Å². The van der Waals surface area contributed by atoms with Crippen LogP contribution in [0.2, 0.25) is 5.02 Å². The molecule has 0 amide bonds. The zero-order chi connectivity index (χ0) is 22.5. The van der Waals surface area contributed by atoms with Gasteiger partial charge in [-0.15, -0.1) is 0 Å². The summed E-state index contributed by atoms with van der Waals surface area (Å²) in [7, 11) is 0. The number of ether oxygens (including phenoxy) is 1. The molecule has 2 fully saturated rings. The Morgan fingerprint density at radius 3 is 2.58 bits per heavy atom. The van der Waals surface area contributed by atoms with Crippen molar-refractivity contribution in [2.45, 2.75) is 18.2 Å². The highest BCUT2D eigenvalue weighted by atomic mass is 35.5. The third kappa shape index (κ3) is 3.58. The first-order valence-corrected chi connectivity index (χ1v) is 11.5. The van der Waals surface area contributed by atoms with Gasteiger partial charge in [-0.1, -0.05) is 29.8 Å². The molecule has 9 heteroatoms. The Balaban J connectivity index is 1.26. The third-order valence-electron chi connectivity index (χ3n) is 6.86. The lowest BCUT2D eigenvalue weighted by Crippen LogP contribution is -2.68. The average Bonchev–Trinajstić information content (AvgIpc) is 2.81. The van der Waals surface area contributed by atoms with E-state index in [1.165, 1.54) is 24.0 Å². The van der Waals surface area contributed by atoms with E-state index in [1.54, 1.807) is 12.1 Å². The molecule has 0 bridgehead atoms. The zero-order valence-electron chi connectivity index (χ0n) is 17.9. The number of benzene rings is 2. The van der Waals surface area contributed by atoms with Gasteiger partial charge in [-0.25, -0.2) is 14.4 Å². The zero-order valence-corrected chi connectivity index (χ0v) is 18.7. The summed E-state index contributed by atoms with van der Waals surface area (Å²) in [5, 5.41) is 4.25. The number of fused-ring (bicyclic) bond motifs is 2. The van der Waals surface area contributed by atoms with E-state index >= 15 is 0 Å². The van der Waals surface area contributed by atoms with Gasteiger partial charge in [-0.2, -0.15) is 0 Å². The van der Waals surface area contributed by atoms with Crippen LogP contribution in [0.1, 0.15) is 11.6 Å². The Bertz CT molecular complexity index is 1180. The molecule has 2 saturated heterocycles. The van der Waals surface area contributed by atoms with Crippen molar-refractivity contribution in [3.8, 4) is 16.9 Å². The monoisotopic (exact) mass is 466 g/mol. The van der Waals surface area contributed by atoms with Crippen LogP contribution in [0.3, 0.4) is 0 Å². The summed E-state index contributed by atoms with van der Waals surface area (Å²) in [5.74, 6) is 1.78. The first kappa shape index (κ1) is 20.7. The lowest BCUT2D eigenvalue weighted by Gasteiger charge is -2.52. The molecule has 3 unspecified atom stereocenters. The molecule has 0 radical (unpaired) electrons. The van der Waals surface area contributed by atoms with Crippen molar-refractivity contribution in [2.75, 3.05) is 43.4 Å². The lowest BCUT2D eigenvalue weighted by molar-refractivity contribution is -0.00323. The summed E-state index contributed by atoms with van der Waals surface area (Å²) in [6.45, 7) is 4.17. The van der Waals surface area contributed by atoms with Crippen LogP contribution in [0.5, 0.6) is 5.75 Å². The minimum atomic E-state index is -0.287. The average molecular weight is 467 g/mol. The molecule has 170 valence electrons. The summed E-state index contributed by atoms with van der Waals surface area (Å²) in [4.78, 5) is 13.5. The van der Waals surface area contributed by atoms with E-state index in [2.05, 4.69) is 31.2 Å². The third-order valence-corrected chi connectivity index (χ3v) is 7.10. The van der Waals surface area contributed by atoms with Crippen molar-refractivity contribution in [1.82, 2.24) is 20.2 Å². The summed E-state index contributed by atoms with van der Waals surface area (Å²) < 4.78 is 19.6. The van der Waals surface area contributed by atoms with Gasteiger partial charge in [0.05, 0.1) is 17.6 Å². The summed E-state index contributed by atoms with van der Waals surface area (Å²) in [6, 6.07) is 12.8. The standard InChI is InChI=1S/C24H24ClFN6O/c25-15-3-6-17-18(11-15)33-19-12-28-21(19)22(17)31-7-9-32(10-8-31)24-20(23(27)29-13-30-24)14-1-4-16(26)5-2-14/h1-6,11,13,19,21-22,28H,7-10,12H2,(H2,27,29,30). The first-order chi connectivity index (χ1) is 16.1. The number of piperazine rings is 1. The number of hydrogen-bond acceptors (Lipinski definition) is 7. The van der Waals surface area contributed by atoms with Gasteiger partial charge in [0.15, 0.2) is 0 Å². The summed E-state index contributed by atoms with van der Waals surface area (Å²) >= 11 is 6.23. The van der Waals surface area contributed by atoms with Crippen molar-refractivity contribution < 1.29 is 9.13 Å². The second kappa shape index (κ2) is 8.13. The second-order valence-electron chi connectivity index (χ2n) is 8.70. The smallest absolute Gasteiger partial charge is 0.142 e. The van der Waals surface area contributed by atoms with Gasteiger partial charge >= 0.3 is 0 Å². The Morgan fingerprint density at radius 1 is 1.06 bits per heavy atom. The van der Waals surface area contributed by atoms with E-state index in [-0.39, 0.29) is 24.0 Å². The molecule has 3 aliphatic heterocycles. The largest absolute Gasteiger partial charge is 0.487 e. The molecular formula is C24H24ClFN6O. The van der Waals surface area contributed by atoms with Crippen LogP contribution in [-0.4, -0.2) is 59.7 Å². The van der Waals surface area contributed by atoms with E-state index < -0.39 is 0 Å². The SMILES string of the molecule is Nc1ncnc(N2CCN(C3c4ccc(Cl)cc4OC4CNC43)CC2)c1-c1ccc(F)cc1. The van der Waals surface area contributed by atoms with Crippen LogP contribution in [0.25, 0.3) is 11.1 Å². The molecule has 3 N–H and O–H groups in total. The second-order valence-corrected chi connectivity index (χ2v) is 9.14.